The summed E-state index contributed by atoms with van der Waals surface area (Å²) in [5.74, 6) is 0.495. The lowest BCUT2D eigenvalue weighted by molar-refractivity contribution is -0.132. The molecule has 0 bridgehead atoms. The van der Waals surface area contributed by atoms with E-state index in [2.05, 4.69) is 0 Å². The Morgan fingerprint density at radius 2 is 1.92 bits per heavy atom. The number of benzene rings is 2. The van der Waals surface area contributed by atoms with Gasteiger partial charge in [0.2, 0.25) is 5.91 Å². The number of hydrogen-bond donors (Lipinski definition) is 1. The second kappa shape index (κ2) is 7.87. The highest BCUT2D eigenvalue weighted by atomic mass is 19.1. The van der Waals surface area contributed by atoms with E-state index in [4.69, 9.17) is 10.5 Å². The van der Waals surface area contributed by atoms with Crippen molar-refractivity contribution in [2.45, 2.75) is 31.5 Å². The van der Waals surface area contributed by atoms with Crippen LogP contribution in [0.1, 0.15) is 24.8 Å². The van der Waals surface area contributed by atoms with Gasteiger partial charge < -0.3 is 15.4 Å². The minimum atomic E-state index is -0.929. The van der Waals surface area contributed by atoms with Crippen LogP contribution in [0.4, 0.5) is 4.39 Å². The van der Waals surface area contributed by atoms with Crippen molar-refractivity contribution in [2.24, 2.45) is 5.73 Å². The largest absolute Gasteiger partial charge is 0.496 e. The number of carbonyl (C=O) groups is 1. The fraction of sp³-hybridized carbons (Fsp3) is 0.381. The molecule has 2 aromatic rings. The molecule has 1 aliphatic rings. The summed E-state index contributed by atoms with van der Waals surface area (Å²) in [6, 6.07) is 15.2. The van der Waals surface area contributed by atoms with Crippen LogP contribution in [-0.2, 0) is 4.79 Å². The molecule has 1 heterocycles. The quantitative estimate of drug-likeness (QED) is 0.894. The first kappa shape index (κ1) is 18.4. The molecule has 0 saturated carbocycles. The molecule has 1 saturated heterocycles. The molecular weight excluding hydrogens is 331 g/mol. The van der Waals surface area contributed by atoms with Gasteiger partial charge in [0.1, 0.15) is 11.9 Å². The lowest BCUT2D eigenvalue weighted by Gasteiger charge is -2.25. The number of alkyl halides is 1. The Labute approximate surface area is 153 Å². The van der Waals surface area contributed by atoms with Crippen LogP contribution in [0, 0.1) is 0 Å². The maximum Gasteiger partial charge on any atom is 0.240 e. The maximum atomic E-state index is 13.3. The molecule has 2 N–H and O–H groups in total. The molecule has 2 aromatic carbocycles. The second-order valence-corrected chi connectivity index (χ2v) is 6.81. The van der Waals surface area contributed by atoms with Gasteiger partial charge in [0.25, 0.3) is 0 Å². The predicted molar refractivity (Wildman–Crippen MR) is 101 cm³/mol. The van der Waals surface area contributed by atoms with Gasteiger partial charge in [-0.25, -0.2) is 4.39 Å². The Morgan fingerprint density at radius 1 is 1.23 bits per heavy atom. The van der Waals surface area contributed by atoms with Crippen molar-refractivity contribution >= 4 is 5.91 Å². The van der Waals surface area contributed by atoms with Gasteiger partial charge in [0.05, 0.1) is 19.7 Å². The van der Waals surface area contributed by atoms with Crippen LogP contribution in [0.25, 0.3) is 11.1 Å². The predicted octanol–water partition coefficient (Wildman–Crippen LogP) is 3.36. The van der Waals surface area contributed by atoms with E-state index >= 15 is 0 Å². The van der Waals surface area contributed by atoms with Crippen molar-refractivity contribution in [2.75, 3.05) is 20.2 Å². The number of hydrogen-bond acceptors (Lipinski definition) is 3. The molecule has 0 aromatic heterocycles. The molecule has 0 aliphatic carbocycles. The number of nitrogens with zero attached hydrogens (tertiary/aromatic N) is 1. The van der Waals surface area contributed by atoms with Crippen molar-refractivity contribution in [1.82, 2.24) is 4.90 Å². The van der Waals surface area contributed by atoms with E-state index in [1.54, 1.807) is 7.11 Å². The monoisotopic (exact) mass is 356 g/mol. The van der Waals surface area contributed by atoms with Gasteiger partial charge in [-0.3, -0.25) is 4.79 Å². The number of para-hydroxylation sites is 1. The van der Waals surface area contributed by atoms with Gasteiger partial charge in [0, 0.05) is 18.0 Å². The van der Waals surface area contributed by atoms with Crippen molar-refractivity contribution in [1.29, 1.82) is 0 Å². The minimum absolute atomic E-state index is 0.145. The number of rotatable bonds is 5. The number of carbonyl (C=O) groups excluding carboxylic acids is 1. The summed E-state index contributed by atoms with van der Waals surface area (Å²) < 4.78 is 18.8. The van der Waals surface area contributed by atoms with Crippen molar-refractivity contribution in [3.63, 3.8) is 0 Å². The van der Waals surface area contributed by atoms with Crippen LogP contribution in [-0.4, -0.2) is 43.2 Å². The van der Waals surface area contributed by atoms with Gasteiger partial charge in [-0.2, -0.15) is 0 Å². The highest BCUT2D eigenvalue weighted by Gasteiger charge is 2.32. The first-order valence-corrected chi connectivity index (χ1v) is 8.93. The fourth-order valence-electron chi connectivity index (χ4n) is 3.40. The number of amides is 1. The molecule has 26 heavy (non-hydrogen) atoms. The molecule has 3 rings (SSSR count). The van der Waals surface area contributed by atoms with E-state index in [9.17, 15) is 9.18 Å². The first-order valence-electron chi connectivity index (χ1n) is 8.93. The Hall–Kier alpha value is -2.40. The minimum Gasteiger partial charge on any atom is -0.496 e. The zero-order valence-corrected chi connectivity index (χ0v) is 15.2. The molecule has 5 heteroatoms. The zero-order chi connectivity index (χ0) is 18.7. The zero-order valence-electron chi connectivity index (χ0n) is 15.2. The molecule has 0 unspecified atom stereocenters. The van der Waals surface area contributed by atoms with Crippen LogP contribution >= 0.6 is 0 Å². The molecule has 0 radical (unpaired) electrons. The third-order valence-electron chi connectivity index (χ3n) is 5.12. The van der Waals surface area contributed by atoms with E-state index in [1.807, 2.05) is 55.5 Å². The van der Waals surface area contributed by atoms with Gasteiger partial charge in [-0.1, -0.05) is 49.4 Å². The summed E-state index contributed by atoms with van der Waals surface area (Å²) in [4.78, 5) is 14.0. The fourth-order valence-corrected chi connectivity index (χ4v) is 3.40. The summed E-state index contributed by atoms with van der Waals surface area (Å²) in [6.45, 7) is 2.54. The van der Waals surface area contributed by atoms with Crippen molar-refractivity contribution in [3.05, 3.63) is 54.1 Å². The first-order chi connectivity index (χ1) is 12.5. The van der Waals surface area contributed by atoms with Gasteiger partial charge in [-0.05, 0) is 23.6 Å². The Balaban J connectivity index is 1.74. The average molecular weight is 356 g/mol. The number of ether oxygens (including phenoxy) is 1. The van der Waals surface area contributed by atoms with Crippen molar-refractivity contribution < 1.29 is 13.9 Å². The Morgan fingerprint density at radius 3 is 2.54 bits per heavy atom. The summed E-state index contributed by atoms with van der Waals surface area (Å²) in [5, 5.41) is 0. The lowest BCUT2D eigenvalue weighted by atomic mass is 9.91. The third kappa shape index (κ3) is 3.73. The topological polar surface area (TPSA) is 55.6 Å². The second-order valence-electron chi connectivity index (χ2n) is 6.81. The lowest BCUT2D eigenvalue weighted by Crippen LogP contribution is -2.45. The van der Waals surface area contributed by atoms with Crippen LogP contribution in [0.2, 0.25) is 0 Å². The van der Waals surface area contributed by atoms with E-state index in [0.29, 0.717) is 13.0 Å². The Kier molecular flexibility index (Phi) is 5.57. The number of likely N-dealkylation sites (tertiary alicyclic amines) is 1. The highest BCUT2D eigenvalue weighted by molar-refractivity contribution is 5.83. The molecule has 0 spiro atoms. The Bertz CT molecular complexity index is 763. The van der Waals surface area contributed by atoms with Crippen LogP contribution < -0.4 is 10.5 Å². The molecule has 4 nitrogen and oxygen atoms in total. The number of halogens is 1. The van der Waals surface area contributed by atoms with Gasteiger partial charge in [0.15, 0.2) is 0 Å². The maximum absolute atomic E-state index is 13.3. The molecule has 1 amide bonds. The number of methoxy groups -OCH3 is 1. The van der Waals surface area contributed by atoms with Crippen LogP contribution in [0.3, 0.4) is 0 Å². The van der Waals surface area contributed by atoms with E-state index in [1.165, 1.54) is 4.90 Å². The smallest absolute Gasteiger partial charge is 0.240 e. The molecular formula is C21H25FN2O2. The summed E-state index contributed by atoms with van der Waals surface area (Å²) >= 11 is 0. The SMILES string of the molecule is COc1ccccc1-c1ccc([C@H](C)[C@H](N)C(=O)N2CC[C@H](F)C2)cc1. The molecule has 1 aliphatic heterocycles. The van der Waals surface area contributed by atoms with Crippen LogP contribution in [0.15, 0.2) is 48.5 Å². The van der Waals surface area contributed by atoms with Crippen LogP contribution in [0.5, 0.6) is 5.75 Å². The molecule has 3 atom stereocenters. The summed E-state index contributed by atoms with van der Waals surface area (Å²) in [7, 11) is 1.65. The average Bonchev–Trinajstić information content (AvgIpc) is 3.12. The van der Waals surface area contributed by atoms with Crippen molar-refractivity contribution in [3.8, 4) is 16.9 Å². The van der Waals surface area contributed by atoms with E-state index in [-0.39, 0.29) is 18.4 Å². The molecule has 138 valence electrons. The summed E-state index contributed by atoms with van der Waals surface area (Å²) in [6.07, 6.45) is -0.526. The normalized spacial score (nSPS) is 19.2. The van der Waals surface area contributed by atoms with Gasteiger partial charge in [-0.15, -0.1) is 0 Å². The highest BCUT2D eigenvalue weighted by Crippen LogP contribution is 2.31. The summed E-state index contributed by atoms with van der Waals surface area (Å²) in [5.41, 5.74) is 9.22. The van der Waals surface area contributed by atoms with E-state index < -0.39 is 12.2 Å². The molecule has 1 fully saturated rings. The van der Waals surface area contributed by atoms with E-state index in [0.717, 1.165) is 22.4 Å². The van der Waals surface area contributed by atoms with Gasteiger partial charge >= 0.3 is 0 Å². The third-order valence-corrected chi connectivity index (χ3v) is 5.12. The number of nitrogens with two attached hydrogens (primary N) is 1. The standard InChI is InChI=1S/C21H25FN2O2/c1-14(20(23)21(25)24-12-11-17(22)13-24)15-7-9-16(10-8-15)18-5-3-4-6-19(18)26-2/h3-10,14,17,20H,11-13,23H2,1-2H3/t14-,17-,20-/m0/s1.